The van der Waals surface area contributed by atoms with Gasteiger partial charge in [-0.05, 0) is 106 Å². The molecule has 7 aromatic rings. The number of methoxy groups -OCH3 is 1. The molecule has 3 aromatic carbocycles. The SMILES string of the molecule is CCCP(=O)(Cl)Cl.CCO.CCOc1nc(N)nc2c1ncn2[C@@H]1O[C@]2(F)COP(=O)(OCC)O[C@H]2[C@@]1(C)F.CCOc1nc(NC(c2ccccc2)(c2ccccc2)c2ccc(OC)cc2)nc2c1ncn2[C@@H]1O[C@]2(F)COP(=O)(OCC)O[C@H]2[C@@]1(C)F. The summed E-state index contributed by atoms with van der Waals surface area (Å²) in [5.41, 5.74) is 2.65. The predicted octanol–water partition coefficient (Wildman–Crippen LogP) is 12.5. The molecule has 4 fully saturated rings. The van der Waals surface area contributed by atoms with Crippen LogP contribution in [0.15, 0.2) is 97.6 Å². The molecule has 0 aliphatic carbocycles. The number of aliphatic hydroxyl groups is 1. The Morgan fingerprint density at radius 3 is 1.51 bits per heavy atom. The van der Waals surface area contributed by atoms with E-state index in [4.69, 9.17) is 94.1 Å². The molecule has 8 heterocycles. The molecule has 2 unspecified atom stereocenters. The van der Waals surface area contributed by atoms with Crippen molar-refractivity contribution in [2.75, 3.05) is 70.6 Å². The minimum absolute atomic E-state index is 0.0286. The van der Waals surface area contributed by atoms with Gasteiger partial charge in [-0.3, -0.25) is 40.8 Å². The van der Waals surface area contributed by atoms with Crippen LogP contribution in [0.2, 0.25) is 0 Å². The van der Waals surface area contributed by atoms with Gasteiger partial charge in [0.1, 0.15) is 24.5 Å². The Kier molecular flexibility index (Phi) is 21.9. The Morgan fingerprint density at radius 1 is 0.685 bits per heavy atom. The number of nitrogens with one attached hydrogen (secondary N) is 1. The van der Waals surface area contributed by atoms with Gasteiger partial charge in [0.25, 0.3) is 17.6 Å². The van der Waals surface area contributed by atoms with E-state index < -0.39 is 88.0 Å². The maximum Gasteiger partial charge on any atom is 0.475 e. The molecular weight excluding hydrogens is 1280 g/mol. The summed E-state index contributed by atoms with van der Waals surface area (Å²) in [7, 11) is -6.78. The van der Waals surface area contributed by atoms with E-state index in [0.717, 1.165) is 41.5 Å². The molecule has 0 saturated carbocycles. The molecule has 25 nitrogen and oxygen atoms in total. The first-order valence-corrected chi connectivity index (χ1v) is 34.7. The number of nitrogens with zero attached hydrogens (tertiary/aromatic N) is 8. The van der Waals surface area contributed by atoms with E-state index in [1.807, 2.05) is 91.9 Å². The van der Waals surface area contributed by atoms with E-state index in [1.165, 1.54) is 17.2 Å². The van der Waals surface area contributed by atoms with Crippen LogP contribution in [0.25, 0.3) is 22.3 Å². The number of rotatable bonds is 18. The molecule has 4 N–H and O–H groups in total. The molecule has 0 amide bonds. The maximum absolute atomic E-state index is 16.8. The summed E-state index contributed by atoms with van der Waals surface area (Å²) in [5.74, 6) is -7.40. The molecule has 34 heteroatoms. The van der Waals surface area contributed by atoms with Gasteiger partial charge < -0.3 is 39.8 Å². The van der Waals surface area contributed by atoms with Crippen LogP contribution in [-0.4, -0.2) is 139 Å². The highest BCUT2D eigenvalue weighted by atomic mass is 35.9. The summed E-state index contributed by atoms with van der Waals surface area (Å²) >= 11 is 10.3. The number of ether oxygens (including phenoxy) is 5. The zero-order chi connectivity index (χ0) is 64.8. The molecule has 0 radical (unpaired) electrons. The number of nitrogens with two attached hydrogens (primary N) is 1. The van der Waals surface area contributed by atoms with Crippen molar-refractivity contribution in [3.8, 4) is 17.5 Å². The molecule has 4 aliphatic heterocycles. The molecule has 4 saturated heterocycles. The lowest BCUT2D eigenvalue weighted by Gasteiger charge is -2.37. The lowest BCUT2D eigenvalue weighted by Crippen LogP contribution is -2.51. The second-order valence-electron chi connectivity index (χ2n) is 20.3. The first-order valence-electron chi connectivity index (χ1n) is 28.1. The molecule has 10 atom stereocenters. The zero-order valence-corrected chi connectivity index (χ0v) is 54.0. The van der Waals surface area contributed by atoms with Crippen molar-refractivity contribution >= 4 is 78.2 Å². The van der Waals surface area contributed by atoms with Crippen molar-refractivity contribution in [1.82, 2.24) is 39.0 Å². The number of hydrogen-bond acceptors (Lipinski definition) is 23. The van der Waals surface area contributed by atoms with E-state index >= 15 is 17.6 Å². The molecule has 4 aliphatic rings. The van der Waals surface area contributed by atoms with Crippen LogP contribution < -0.4 is 25.3 Å². The molecule has 486 valence electrons. The fourth-order valence-electron chi connectivity index (χ4n) is 10.2. The normalized spacial score (nSPS) is 28.0. The van der Waals surface area contributed by atoms with E-state index in [9.17, 15) is 13.7 Å². The zero-order valence-electron chi connectivity index (χ0n) is 49.8. The van der Waals surface area contributed by atoms with Gasteiger partial charge in [0.2, 0.25) is 23.7 Å². The maximum atomic E-state index is 16.8. The van der Waals surface area contributed by atoms with Gasteiger partial charge in [0.05, 0.1) is 46.2 Å². The topological polar surface area (TPSA) is 298 Å². The lowest BCUT2D eigenvalue weighted by molar-refractivity contribution is -0.219. The third-order valence-electron chi connectivity index (χ3n) is 13.9. The van der Waals surface area contributed by atoms with Crippen molar-refractivity contribution in [2.24, 2.45) is 0 Å². The summed E-state index contributed by atoms with van der Waals surface area (Å²) in [6.07, 6.45) is -3.41. The summed E-state index contributed by atoms with van der Waals surface area (Å²) in [6.45, 7) is 11.3. The number of fused-ring (bicyclic) bond motifs is 4. The second kappa shape index (κ2) is 28.1. The van der Waals surface area contributed by atoms with Crippen LogP contribution in [0.5, 0.6) is 17.5 Å². The van der Waals surface area contributed by atoms with Gasteiger partial charge in [0, 0.05) is 12.8 Å². The number of phosphoric acid groups is 2. The highest BCUT2D eigenvalue weighted by Crippen LogP contribution is 2.65. The number of halogens is 6. The van der Waals surface area contributed by atoms with E-state index in [-0.39, 0.29) is 79.0 Å². The number of phosphoric ester groups is 2. The summed E-state index contributed by atoms with van der Waals surface area (Å²) in [4.78, 5) is 26.1. The molecule has 89 heavy (non-hydrogen) atoms. The van der Waals surface area contributed by atoms with Crippen molar-refractivity contribution in [1.29, 1.82) is 0 Å². The van der Waals surface area contributed by atoms with Crippen molar-refractivity contribution in [3.05, 3.63) is 114 Å². The smallest absolute Gasteiger partial charge is 0.475 e. The first-order chi connectivity index (χ1) is 42.2. The van der Waals surface area contributed by atoms with Crippen LogP contribution in [0, 0.1) is 0 Å². The summed E-state index contributed by atoms with van der Waals surface area (Å²) in [5, 5.41) is 11.2. The van der Waals surface area contributed by atoms with Gasteiger partial charge in [-0.2, -0.15) is 19.9 Å². The molecule has 4 aromatic heterocycles. The summed E-state index contributed by atoms with van der Waals surface area (Å²) < 4.78 is 161. The predicted molar refractivity (Wildman–Crippen MR) is 321 cm³/mol. The Labute approximate surface area is 519 Å². The first kappa shape index (κ1) is 69.3. The van der Waals surface area contributed by atoms with Crippen molar-refractivity contribution in [2.45, 2.75) is 115 Å². The number of hydrogen-bond donors (Lipinski definition) is 3. The molecular formula is C55H69Cl2F4N10O15P3. The van der Waals surface area contributed by atoms with Gasteiger partial charge >= 0.3 is 15.6 Å². The Morgan fingerprint density at radius 2 is 1.11 bits per heavy atom. The molecule has 11 rings (SSSR count). The number of benzene rings is 3. The van der Waals surface area contributed by atoms with Gasteiger partial charge in [-0.25, -0.2) is 36.7 Å². The summed E-state index contributed by atoms with van der Waals surface area (Å²) in [6, 6.07) is 27.2. The van der Waals surface area contributed by atoms with Crippen LogP contribution in [-0.2, 0) is 55.9 Å². The third-order valence-corrected chi connectivity index (χ3v) is 18.8. The fourth-order valence-corrected chi connectivity index (χ4v) is 14.7. The standard InChI is InChI=1S/C35H36F2N5O7P.C15H20F2N5O6P.C3H7Cl2OP.C2H6O/c1-5-45-29-27-28(42(22-38-27)31-33(3,36)30-34(37,48-31)21-47-50(43,49-30)46-6-2)39-32(40-29)41-35(23-13-9-7-10-14-23,24-15-11-8-12-16-24)25-17-19-26(44-4)20-18-25;1-4-24-10-8-9(20-13(18)21-10)22(7-19-8)12-14(3,16)11-15(17,27-12)6-26-29(23,28-11)25-5-2;1-2-3-7(4,5)6;1-2-3/h7-20,22,30-31H,5-6,21H2,1-4H3,(H,39,40,41);7,11-12H,4-6H2,1-3H3,(H2,18,20,21);2-3H2,1H3;3H,2H2,1H3/t30-,31+,33+,34+,50?;11-,12+,14+,15+,29?;;/m00../s1. The minimum Gasteiger partial charge on any atom is -0.497 e. The fraction of sp³-hybridized carbons (Fsp3) is 0.491. The lowest BCUT2D eigenvalue weighted by atomic mass is 9.77. The Balaban J connectivity index is 0.000000220. The van der Waals surface area contributed by atoms with Gasteiger partial charge in [-0.1, -0.05) is 79.7 Å². The average molecular weight is 1350 g/mol. The van der Waals surface area contributed by atoms with Crippen LogP contribution >= 0.6 is 44.0 Å². The molecule has 0 spiro atoms. The van der Waals surface area contributed by atoms with Crippen LogP contribution in [0.3, 0.4) is 0 Å². The Hall–Kier alpha value is -5.61. The number of aromatic nitrogens is 8. The monoisotopic (exact) mass is 1350 g/mol. The van der Waals surface area contributed by atoms with Crippen molar-refractivity contribution in [3.63, 3.8) is 0 Å². The largest absolute Gasteiger partial charge is 0.497 e. The number of aliphatic hydroxyl groups excluding tert-OH is 1. The van der Waals surface area contributed by atoms with Crippen LogP contribution in [0.1, 0.15) is 91.0 Å². The van der Waals surface area contributed by atoms with Gasteiger partial charge in [-0.15, -0.1) is 0 Å². The van der Waals surface area contributed by atoms with Crippen molar-refractivity contribution < 1.29 is 87.2 Å². The number of nitrogen functional groups attached to an aromatic ring is 1. The van der Waals surface area contributed by atoms with E-state index in [1.54, 1.807) is 41.7 Å². The number of alkyl halides is 4. The minimum atomic E-state index is -4.25. The Bertz CT molecular complexity index is 3640. The van der Waals surface area contributed by atoms with Gasteiger partial charge in [0.15, 0.2) is 58.3 Å². The highest BCUT2D eigenvalue weighted by molar-refractivity contribution is 8.08. The molecule has 0 bridgehead atoms. The van der Waals surface area contributed by atoms with Crippen LogP contribution in [0.4, 0.5) is 29.5 Å². The quantitative estimate of drug-likeness (QED) is 0.0408. The average Bonchev–Trinajstić information content (AvgIpc) is 1.61. The van der Waals surface area contributed by atoms with E-state index in [2.05, 4.69) is 25.3 Å². The third kappa shape index (κ3) is 14.5. The number of anilines is 2. The van der Waals surface area contributed by atoms with E-state index in [0.29, 0.717) is 11.9 Å². The second-order valence-corrected chi connectivity index (χ2v) is 28.9. The highest BCUT2D eigenvalue weighted by Gasteiger charge is 2.72. The number of imidazole rings is 2.